The summed E-state index contributed by atoms with van der Waals surface area (Å²) in [4.78, 5) is 0. The van der Waals surface area contributed by atoms with Crippen molar-refractivity contribution in [3.63, 3.8) is 0 Å². The number of hydrogen-bond donors (Lipinski definition) is 1. The fraction of sp³-hybridized carbons (Fsp3) is 1.00. The molecule has 1 unspecified atom stereocenters. The first-order valence-electron chi connectivity index (χ1n) is 2.50. The molecule has 48 valence electrons. The van der Waals surface area contributed by atoms with Gasteiger partial charge >= 0.3 is 0 Å². The monoisotopic (exact) mass is 170 g/mol. The molecule has 0 nitrogen and oxygen atoms in total. The smallest absolute Gasteiger partial charge is 0.125 e. The molecule has 0 spiro atoms. The summed E-state index contributed by atoms with van der Waals surface area (Å²) >= 11 is 15.6. The van der Waals surface area contributed by atoms with Crippen molar-refractivity contribution in [3.05, 3.63) is 0 Å². The Morgan fingerprint density at radius 3 is 2.00 bits per heavy atom. The highest BCUT2D eigenvalue weighted by molar-refractivity contribution is 7.80. The third-order valence-corrected chi connectivity index (χ3v) is 3.60. The van der Waals surface area contributed by atoms with Crippen LogP contribution < -0.4 is 0 Å². The van der Waals surface area contributed by atoms with Crippen molar-refractivity contribution >= 4 is 35.8 Å². The zero-order valence-electron chi connectivity index (χ0n) is 4.62. The fourth-order valence-electron chi connectivity index (χ4n) is 0.617. The summed E-state index contributed by atoms with van der Waals surface area (Å²) in [5.41, 5.74) is 0.0826. The van der Waals surface area contributed by atoms with Gasteiger partial charge in [0, 0.05) is 5.41 Å². The van der Waals surface area contributed by atoms with E-state index in [2.05, 4.69) is 12.6 Å². The first-order valence-corrected chi connectivity index (χ1v) is 3.89. The zero-order chi connectivity index (χ0) is 6.41. The lowest BCUT2D eigenvalue weighted by molar-refractivity contribution is 0.657. The summed E-state index contributed by atoms with van der Waals surface area (Å²) in [6.07, 6.45) is 0.882. The first-order chi connectivity index (χ1) is 3.52. The summed E-state index contributed by atoms with van der Waals surface area (Å²) in [5, 5.41) is 0. The van der Waals surface area contributed by atoms with Gasteiger partial charge in [-0.1, -0.05) is 6.92 Å². The number of rotatable bonds is 1. The summed E-state index contributed by atoms with van der Waals surface area (Å²) in [6, 6.07) is 0. The van der Waals surface area contributed by atoms with Crippen LogP contribution in [0.2, 0.25) is 0 Å². The van der Waals surface area contributed by atoms with Crippen LogP contribution in [0.4, 0.5) is 0 Å². The van der Waals surface area contributed by atoms with Gasteiger partial charge in [-0.15, -0.1) is 23.2 Å². The summed E-state index contributed by atoms with van der Waals surface area (Å²) in [6.45, 7) is 2.04. The molecule has 1 aliphatic carbocycles. The topological polar surface area (TPSA) is 0 Å². The van der Waals surface area contributed by atoms with E-state index in [4.69, 9.17) is 23.2 Å². The third-order valence-electron chi connectivity index (χ3n) is 1.72. The van der Waals surface area contributed by atoms with E-state index in [1.54, 1.807) is 0 Å². The molecular formula is C5H8Cl2S. The van der Waals surface area contributed by atoms with Crippen LogP contribution in [0.1, 0.15) is 13.3 Å². The van der Waals surface area contributed by atoms with E-state index in [0.29, 0.717) is 0 Å². The van der Waals surface area contributed by atoms with E-state index >= 15 is 0 Å². The van der Waals surface area contributed by atoms with Gasteiger partial charge in [0.15, 0.2) is 0 Å². The molecule has 0 radical (unpaired) electrons. The Balaban J connectivity index is 2.55. The molecule has 0 saturated heterocycles. The quantitative estimate of drug-likeness (QED) is 0.454. The van der Waals surface area contributed by atoms with E-state index in [0.717, 1.165) is 12.2 Å². The van der Waals surface area contributed by atoms with Crippen LogP contribution in [0.15, 0.2) is 0 Å². The van der Waals surface area contributed by atoms with Gasteiger partial charge in [0.05, 0.1) is 0 Å². The molecule has 0 aromatic carbocycles. The summed E-state index contributed by atoms with van der Waals surface area (Å²) < 4.78 is -0.477. The standard InChI is InChI=1S/C5H8Cl2S/c1-4(3-8)2-5(4,6)7/h8H,2-3H2,1H3. The lowest BCUT2D eigenvalue weighted by atomic mass is 10.2. The maximum absolute atomic E-state index is 5.77. The maximum atomic E-state index is 5.77. The van der Waals surface area contributed by atoms with Gasteiger partial charge in [-0.3, -0.25) is 0 Å². The lowest BCUT2D eigenvalue weighted by Crippen LogP contribution is -2.04. The molecule has 8 heavy (non-hydrogen) atoms. The fourth-order valence-corrected chi connectivity index (χ4v) is 1.91. The molecule has 3 heteroatoms. The van der Waals surface area contributed by atoms with Crippen LogP contribution in [0.25, 0.3) is 0 Å². The molecule has 0 aliphatic heterocycles. The molecule has 1 atom stereocenters. The maximum Gasteiger partial charge on any atom is 0.125 e. The van der Waals surface area contributed by atoms with Crippen LogP contribution in [-0.2, 0) is 0 Å². The Morgan fingerprint density at radius 2 is 2.00 bits per heavy atom. The van der Waals surface area contributed by atoms with Crippen molar-refractivity contribution in [2.24, 2.45) is 5.41 Å². The molecule has 0 aromatic heterocycles. The zero-order valence-corrected chi connectivity index (χ0v) is 7.02. The Morgan fingerprint density at radius 1 is 1.62 bits per heavy atom. The number of halogens is 2. The molecule has 1 rings (SSSR count). The molecule has 0 N–H and O–H groups in total. The van der Waals surface area contributed by atoms with Gasteiger partial charge in [-0.05, 0) is 12.2 Å². The molecule has 0 amide bonds. The molecule has 1 fully saturated rings. The van der Waals surface area contributed by atoms with Gasteiger partial charge in [0.25, 0.3) is 0 Å². The van der Waals surface area contributed by atoms with Gasteiger partial charge in [0.2, 0.25) is 0 Å². The largest absolute Gasteiger partial charge is 0.179 e. The highest BCUT2D eigenvalue weighted by Gasteiger charge is 2.61. The van der Waals surface area contributed by atoms with Gasteiger partial charge in [0.1, 0.15) is 4.33 Å². The van der Waals surface area contributed by atoms with E-state index in [1.807, 2.05) is 6.92 Å². The number of hydrogen-bond acceptors (Lipinski definition) is 1. The number of thiol groups is 1. The average Bonchev–Trinajstić information content (AvgIpc) is 2.10. The van der Waals surface area contributed by atoms with Crippen molar-refractivity contribution in [1.29, 1.82) is 0 Å². The molecular weight excluding hydrogens is 163 g/mol. The predicted molar refractivity (Wildman–Crippen MR) is 41.0 cm³/mol. The lowest BCUT2D eigenvalue weighted by Gasteiger charge is -2.04. The summed E-state index contributed by atoms with van der Waals surface area (Å²) in [7, 11) is 0. The second-order valence-electron chi connectivity index (χ2n) is 2.60. The third kappa shape index (κ3) is 0.850. The van der Waals surface area contributed by atoms with Crippen LogP contribution in [0.3, 0.4) is 0 Å². The van der Waals surface area contributed by atoms with Crippen molar-refractivity contribution in [3.8, 4) is 0 Å². The average molecular weight is 171 g/mol. The summed E-state index contributed by atoms with van der Waals surface area (Å²) in [5.74, 6) is 0.778. The molecule has 1 aliphatic rings. The van der Waals surface area contributed by atoms with Gasteiger partial charge in [-0.2, -0.15) is 12.6 Å². The van der Waals surface area contributed by atoms with Crippen LogP contribution in [0, 0.1) is 5.41 Å². The Kier molecular flexibility index (Phi) is 1.50. The highest BCUT2D eigenvalue weighted by atomic mass is 35.5. The van der Waals surface area contributed by atoms with E-state index in [9.17, 15) is 0 Å². The second kappa shape index (κ2) is 1.71. The van der Waals surface area contributed by atoms with Crippen molar-refractivity contribution in [2.45, 2.75) is 17.7 Å². The Bertz CT molecular complexity index is 113. The van der Waals surface area contributed by atoms with Gasteiger partial charge < -0.3 is 0 Å². The van der Waals surface area contributed by atoms with E-state index in [1.165, 1.54) is 0 Å². The van der Waals surface area contributed by atoms with E-state index < -0.39 is 4.33 Å². The SMILES string of the molecule is CC1(CS)CC1(Cl)Cl. The Hall–Kier alpha value is 0.930. The highest BCUT2D eigenvalue weighted by Crippen LogP contribution is 2.63. The predicted octanol–water partition coefficient (Wildman–Crippen LogP) is 2.50. The van der Waals surface area contributed by atoms with Crippen LogP contribution in [-0.4, -0.2) is 10.1 Å². The minimum atomic E-state index is -0.477. The Labute approximate surface area is 65.0 Å². The molecule has 0 aromatic rings. The van der Waals surface area contributed by atoms with Gasteiger partial charge in [-0.25, -0.2) is 0 Å². The molecule has 0 bridgehead atoms. The van der Waals surface area contributed by atoms with Crippen molar-refractivity contribution < 1.29 is 0 Å². The minimum Gasteiger partial charge on any atom is -0.179 e. The molecule has 1 saturated carbocycles. The van der Waals surface area contributed by atoms with Crippen LogP contribution in [0.5, 0.6) is 0 Å². The van der Waals surface area contributed by atoms with E-state index in [-0.39, 0.29) is 5.41 Å². The second-order valence-corrected chi connectivity index (χ2v) is 4.40. The van der Waals surface area contributed by atoms with Crippen molar-refractivity contribution in [2.75, 3.05) is 5.75 Å². The van der Waals surface area contributed by atoms with Crippen molar-refractivity contribution in [1.82, 2.24) is 0 Å². The number of alkyl halides is 2. The normalized spacial score (nSPS) is 42.0. The van der Waals surface area contributed by atoms with Crippen LogP contribution >= 0.6 is 35.8 Å². The molecule has 0 heterocycles. The minimum absolute atomic E-state index is 0.0826. The first kappa shape index (κ1) is 7.04.